The van der Waals surface area contributed by atoms with Crippen molar-refractivity contribution >= 4 is 11.9 Å². The molecule has 0 aromatic carbocycles. The first-order valence-corrected chi connectivity index (χ1v) is 2.05. The number of halogens is 3. The third-order valence-corrected chi connectivity index (χ3v) is 0.231. The number of alkyl halides is 3. The second-order valence-corrected chi connectivity index (χ2v) is 1.24. The van der Waals surface area contributed by atoms with Gasteiger partial charge in [-0.25, -0.2) is 0 Å². The van der Waals surface area contributed by atoms with Crippen LogP contribution in [0, 0.1) is 5.41 Å². The minimum Gasteiger partial charge on any atom is -0.542 e. The van der Waals surface area contributed by atoms with Gasteiger partial charge in [-0.05, 0) is 0 Å². The van der Waals surface area contributed by atoms with Gasteiger partial charge in [0, 0.05) is 0 Å². The first-order chi connectivity index (χ1) is 4.68. The molecule has 0 saturated heterocycles. The third kappa shape index (κ3) is 22.4. The number of hydrogen-bond acceptors (Lipinski definition) is 3. The number of rotatable bonds is 0. The van der Waals surface area contributed by atoms with Gasteiger partial charge >= 0.3 is 75.1 Å². The number of nitrogens with one attached hydrogen (secondary N) is 1. The van der Waals surface area contributed by atoms with Gasteiger partial charge in [0.2, 0.25) is 0 Å². The summed E-state index contributed by atoms with van der Waals surface area (Å²) in [6.07, 6.45) is -5.19. The van der Waals surface area contributed by atoms with Crippen LogP contribution in [0.1, 0.15) is 0 Å². The molecule has 5 nitrogen and oxygen atoms in total. The predicted molar refractivity (Wildman–Crippen MR) is 27.2 cm³/mol. The second-order valence-electron chi connectivity index (χ2n) is 1.24. The van der Waals surface area contributed by atoms with Gasteiger partial charge in [0.05, 0.1) is 0 Å². The van der Waals surface area contributed by atoms with Crippen LogP contribution in [0.25, 0.3) is 0 Å². The molecule has 0 fully saturated rings. The van der Waals surface area contributed by atoms with Crippen molar-refractivity contribution in [2.75, 3.05) is 0 Å². The fourth-order valence-corrected chi connectivity index (χ4v) is 0. The molecule has 0 aliphatic rings. The number of carboxylic acid groups (broad SMARTS) is 1. The number of carboxylic acids is 1. The van der Waals surface area contributed by atoms with Crippen molar-refractivity contribution in [2.45, 2.75) is 6.18 Å². The van der Waals surface area contributed by atoms with Crippen molar-refractivity contribution in [3.05, 3.63) is 0 Å². The molecule has 66 valence electrons. The summed E-state index contributed by atoms with van der Waals surface area (Å²) >= 11 is 0. The van der Waals surface area contributed by atoms with Crippen LogP contribution in [0.4, 0.5) is 13.2 Å². The zero-order valence-corrected chi connectivity index (χ0v) is 12.4. The number of aliphatic carboxylic acids is 1. The van der Waals surface area contributed by atoms with Crippen molar-refractivity contribution in [3.8, 4) is 0 Å². The third-order valence-electron chi connectivity index (χ3n) is 0.231. The summed E-state index contributed by atoms with van der Waals surface area (Å²) in [4.78, 5) is 8.78. The summed E-state index contributed by atoms with van der Waals surface area (Å²) in [5.74, 6) is -3.34. The summed E-state index contributed by atoms with van der Waals surface area (Å²) in [5.41, 5.74) is 8.94. The molecule has 0 bridgehead atoms. The number of nitrogens with two attached hydrogens (primary N) is 2. The zero-order chi connectivity index (χ0) is 9.65. The second kappa shape index (κ2) is 8.19. The van der Waals surface area contributed by atoms with Crippen molar-refractivity contribution in [3.63, 3.8) is 0 Å². The Morgan fingerprint density at radius 3 is 1.42 bits per heavy atom. The molecule has 5 N–H and O–H groups in total. The van der Waals surface area contributed by atoms with Gasteiger partial charge < -0.3 is 21.4 Å². The van der Waals surface area contributed by atoms with E-state index in [1.54, 1.807) is 0 Å². The van der Waals surface area contributed by atoms with E-state index in [9.17, 15) is 13.2 Å². The van der Waals surface area contributed by atoms with E-state index < -0.39 is 12.1 Å². The van der Waals surface area contributed by atoms with Crippen LogP contribution >= 0.6 is 0 Å². The molecule has 12 heavy (non-hydrogen) atoms. The van der Waals surface area contributed by atoms with E-state index in [2.05, 4.69) is 11.5 Å². The molecule has 0 rings (SSSR count). The number of carbonyl (C=O) groups is 1. The number of hydrogen-bond donors (Lipinski definition) is 3. The van der Waals surface area contributed by atoms with Crippen LogP contribution in [0.15, 0.2) is 0 Å². The number of carbonyl (C=O) groups excluding carboxylic acids is 1. The maximum atomic E-state index is 10.5. The summed E-state index contributed by atoms with van der Waals surface area (Å²) in [6.45, 7) is 0. The van der Waals surface area contributed by atoms with Gasteiger partial charge in [0.1, 0.15) is 5.97 Å². The van der Waals surface area contributed by atoms with E-state index in [0.717, 1.165) is 0 Å². The van der Waals surface area contributed by atoms with Crippen LogP contribution < -0.4 is 85.5 Å². The molecule has 0 aliphatic carbocycles. The van der Waals surface area contributed by atoms with Crippen LogP contribution in [0.5, 0.6) is 0 Å². The molecule has 0 atom stereocenters. The summed E-state index contributed by atoms with van der Waals surface area (Å²) in [7, 11) is 0. The first-order valence-electron chi connectivity index (χ1n) is 2.05. The van der Waals surface area contributed by atoms with Crippen molar-refractivity contribution in [2.24, 2.45) is 11.5 Å². The minimum atomic E-state index is -5.19. The molecule has 0 saturated carbocycles. The topological polar surface area (TPSA) is 116 Å². The summed E-state index contributed by atoms with van der Waals surface area (Å²) in [5, 5.41) is 14.8. The van der Waals surface area contributed by atoms with Crippen LogP contribution in [-0.2, 0) is 4.79 Å². The van der Waals surface area contributed by atoms with E-state index in [4.69, 9.17) is 15.3 Å². The van der Waals surface area contributed by atoms with Gasteiger partial charge in [0.25, 0.3) is 0 Å². The molecule has 0 aromatic rings. The Kier molecular flexibility index (Phi) is 12.5. The molecule has 9 heteroatoms. The molecule has 0 heterocycles. The molecule has 0 amide bonds. The van der Waals surface area contributed by atoms with Crippen molar-refractivity contribution in [1.82, 2.24) is 0 Å². The molecular weight excluding hydrogens is 300 g/mol. The maximum absolute atomic E-state index is 10.5. The van der Waals surface area contributed by atoms with E-state index in [1.165, 1.54) is 0 Å². The molecule has 0 aliphatic heterocycles. The Labute approximate surface area is 125 Å². The Hall–Kier alpha value is 0.582. The Balaban J connectivity index is -0.000000142. The normalized spacial score (nSPS) is 8.58. The monoisotopic (exact) mass is 305 g/mol. The average Bonchev–Trinajstić information content (AvgIpc) is 1.59. The fourth-order valence-electron chi connectivity index (χ4n) is 0. The summed E-state index contributed by atoms with van der Waals surface area (Å²) in [6, 6.07) is 0. The van der Waals surface area contributed by atoms with Gasteiger partial charge in [-0.15, -0.1) is 0 Å². The summed E-state index contributed by atoms with van der Waals surface area (Å²) < 4.78 is 31.5. The van der Waals surface area contributed by atoms with E-state index in [1.807, 2.05) is 0 Å². The van der Waals surface area contributed by atoms with Gasteiger partial charge in [-0.3, -0.25) is 5.41 Å². The van der Waals surface area contributed by atoms with Gasteiger partial charge in [0.15, 0.2) is 5.96 Å². The Morgan fingerprint density at radius 2 is 1.42 bits per heavy atom. The predicted octanol–water partition coefficient (Wildman–Crippen LogP) is -4.86. The van der Waals surface area contributed by atoms with E-state index >= 15 is 0 Å². The molecular formula is C3H5CsF3N3O2. The molecule has 0 spiro atoms. The van der Waals surface area contributed by atoms with Crippen LogP contribution in [0.2, 0.25) is 0 Å². The van der Waals surface area contributed by atoms with Crippen LogP contribution in [-0.4, -0.2) is 18.1 Å². The minimum absolute atomic E-state index is 0. The average molecular weight is 305 g/mol. The SMILES string of the molecule is N=C(N)N.O=C([O-])C(F)(F)F.[Cs+]. The van der Waals surface area contributed by atoms with Gasteiger partial charge in [-0.2, -0.15) is 13.2 Å². The standard InChI is InChI=1S/C2HF3O2.CH5N3.Cs/c3-2(4,5)1(6)7;2-1(3)4;/h(H,6,7);(H5,2,3,4);/q;;+1/p-1. The van der Waals surface area contributed by atoms with E-state index in [0.29, 0.717) is 0 Å². The quantitative estimate of drug-likeness (QED) is 0.307. The molecule has 0 aromatic heterocycles. The maximum Gasteiger partial charge on any atom is 1.00 e. The van der Waals surface area contributed by atoms with Crippen molar-refractivity contribution < 1.29 is 92.0 Å². The number of guanidine groups is 1. The van der Waals surface area contributed by atoms with Crippen LogP contribution in [0.3, 0.4) is 0 Å². The first kappa shape index (κ1) is 18.4. The fraction of sp³-hybridized carbons (Fsp3) is 0.333. The molecule has 0 unspecified atom stereocenters. The van der Waals surface area contributed by atoms with Gasteiger partial charge in [-0.1, -0.05) is 0 Å². The Bertz CT molecular complexity index is 155. The van der Waals surface area contributed by atoms with E-state index in [-0.39, 0.29) is 74.9 Å². The van der Waals surface area contributed by atoms with Crippen molar-refractivity contribution in [1.29, 1.82) is 5.41 Å². The smallest absolute Gasteiger partial charge is 0.542 e. The zero-order valence-electron chi connectivity index (χ0n) is 6.11. The Morgan fingerprint density at radius 1 is 1.33 bits per heavy atom. The largest absolute Gasteiger partial charge is 1.00 e. The molecule has 0 radical (unpaired) electrons.